The largest absolute Gasteiger partial charge is 0.481 e. The number of nitrogens with one attached hydrogen (secondary N) is 1. The van der Waals surface area contributed by atoms with Gasteiger partial charge in [0.25, 0.3) is 0 Å². The summed E-state index contributed by atoms with van der Waals surface area (Å²) in [5, 5.41) is 12.0. The molecule has 2 aromatic carbocycles. The van der Waals surface area contributed by atoms with E-state index in [-0.39, 0.29) is 18.1 Å². The van der Waals surface area contributed by atoms with E-state index in [2.05, 4.69) is 21.2 Å². The van der Waals surface area contributed by atoms with Gasteiger partial charge < -0.3 is 10.4 Å². The maximum absolute atomic E-state index is 14.5. The third-order valence-corrected chi connectivity index (χ3v) is 5.93. The quantitative estimate of drug-likeness (QED) is 0.503. The van der Waals surface area contributed by atoms with Gasteiger partial charge in [-0.3, -0.25) is 9.59 Å². The lowest BCUT2D eigenvalue weighted by Gasteiger charge is -2.35. The molecule has 31 heavy (non-hydrogen) atoms. The molecule has 1 aliphatic rings. The standard InChI is InChI=1S/C21H17BrF5NO3/c22-11-5-6-12(15(23)9-11)13-2-1-3-14(18(13)20(30)31)19(29)28-17-7-4-10(8-16(17)24)21(25,26)27/h4-9,13-14,18H,1-3H2,(H,28,29)(H,30,31)/t13-,14-,18-/m1/s1. The first-order valence-corrected chi connectivity index (χ1v) is 10.1. The van der Waals surface area contributed by atoms with Gasteiger partial charge in [0.2, 0.25) is 5.91 Å². The number of halogens is 6. The lowest BCUT2D eigenvalue weighted by atomic mass is 9.69. The third-order valence-electron chi connectivity index (χ3n) is 5.44. The van der Waals surface area contributed by atoms with Gasteiger partial charge in [-0.05, 0) is 48.7 Å². The van der Waals surface area contributed by atoms with E-state index in [9.17, 15) is 36.6 Å². The number of carboxylic acids is 1. The van der Waals surface area contributed by atoms with E-state index in [0.29, 0.717) is 23.4 Å². The normalized spacial score (nSPS) is 21.5. The average Bonchev–Trinajstić information content (AvgIpc) is 2.68. The summed E-state index contributed by atoms with van der Waals surface area (Å²) in [6, 6.07) is 5.88. The van der Waals surface area contributed by atoms with Crippen LogP contribution in [0.15, 0.2) is 40.9 Å². The fourth-order valence-corrected chi connectivity index (χ4v) is 4.34. The molecule has 4 nitrogen and oxygen atoms in total. The first-order chi connectivity index (χ1) is 14.5. The maximum Gasteiger partial charge on any atom is 0.416 e. The number of hydrogen-bond donors (Lipinski definition) is 2. The van der Waals surface area contributed by atoms with Gasteiger partial charge >= 0.3 is 12.1 Å². The number of hydrogen-bond acceptors (Lipinski definition) is 2. The lowest BCUT2D eigenvalue weighted by molar-refractivity contribution is -0.148. The van der Waals surface area contributed by atoms with E-state index in [1.807, 2.05) is 0 Å². The molecule has 3 rings (SSSR count). The number of aliphatic carboxylic acids is 1. The molecule has 0 radical (unpaired) electrons. The SMILES string of the molecule is O=C(O)[C@@H]1[C@@H](c2ccc(Br)cc2F)CCC[C@H]1C(=O)Nc1ccc(C(F)(F)F)cc1F. The first kappa shape index (κ1) is 23.2. The highest BCUT2D eigenvalue weighted by molar-refractivity contribution is 9.10. The highest BCUT2D eigenvalue weighted by atomic mass is 79.9. The van der Waals surface area contributed by atoms with Crippen LogP contribution in [0.5, 0.6) is 0 Å². The minimum Gasteiger partial charge on any atom is -0.481 e. The zero-order chi connectivity index (χ0) is 22.9. The van der Waals surface area contributed by atoms with E-state index in [1.54, 1.807) is 6.07 Å². The molecule has 2 aromatic rings. The van der Waals surface area contributed by atoms with Gasteiger partial charge in [-0.15, -0.1) is 0 Å². The van der Waals surface area contributed by atoms with Crippen LogP contribution in [0.4, 0.5) is 27.6 Å². The number of carbonyl (C=O) groups is 2. The second-order valence-electron chi connectivity index (χ2n) is 7.36. The van der Waals surface area contributed by atoms with Crippen molar-refractivity contribution in [3.05, 3.63) is 63.6 Å². The second-order valence-corrected chi connectivity index (χ2v) is 8.27. The van der Waals surface area contributed by atoms with Crippen molar-refractivity contribution in [2.24, 2.45) is 11.8 Å². The van der Waals surface area contributed by atoms with Crippen molar-refractivity contribution in [2.75, 3.05) is 5.32 Å². The van der Waals surface area contributed by atoms with Crippen LogP contribution in [0.2, 0.25) is 0 Å². The van der Waals surface area contributed by atoms with Crippen LogP contribution in [0.3, 0.4) is 0 Å². The Balaban J connectivity index is 1.87. The number of alkyl halides is 3. The number of amides is 1. The van der Waals surface area contributed by atoms with E-state index in [0.717, 1.165) is 6.07 Å². The smallest absolute Gasteiger partial charge is 0.416 e. The summed E-state index contributed by atoms with van der Waals surface area (Å²) in [5.74, 6) is -7.22. The van der Waals surface area contributed by atoms with Crippen LogP contribution < -0.4 is 5.32 Å². The molecule has 0 heterocycles. The van der Waals surface area contributed by atoms with E-state index in [4.69, 9.17) is 0 Å². The summed E-state index contributed by atoms with van der Waals surface area (Å²) in [6.07, 6.45) is -3.81. The molecule has 0 spiro atoms. The molecule has 2 N–H and O–H groups in total. The summed E-state index contributed by atoms with van der Waals surface area (Å²) in [4.78, 5) is 24.8. The number of benzene rings is 2. The molecule has 1 fully saturated rings. The molecule has 0 aromatic heterocycles. The van der Waals surface area contributed by atoms with Crippen LogP contribution in [-0.2, 0) is 15.8 Å². The first-order valence-electron chi connectivity index (χ1n) is 9.34. The summed E-state index contributed by atoms with van der Waals surface area (Å²) in [7, 11) is 0. The predicted molar refractivity (Wildman–Crippen MR) is 105 cm³/mol. The number of rotatable bonds is 4. The monoisotopic (exact) mass is 505 g/mol. The zero-order valence-electron chi connectivity index (χ0n) is 15.8. The maximum atomic E-state index is 14.5. The predicted octanol–water partition coefficient (Wildman–Crippen LogP) is 5.97. The van der Waals surface area contributed by atoms with Crippen LogP contribution >= 0.6 is 15.9 Å². The Morgan fingerprint density at radius 1 is 1.03 bits per heavy atom. The highest BCUT2D eigenvalue weighted by Gasteiger charge is 2.43. The van der Waals surface area contributed by atoms with Gasteiger partial charge in [-0.25, -0.2) is 8.78 Å². The van der Waals surface area contributed by atoms with Gasteiger partial charge in [0.1, 0.15) is 11.6 Å². The molecule has 1 aliphatic carbocycles. The minimum absolute atomic E-state index is 0.161. The van der Waals surface area contributed by atoms with Crippen molar-refractivity contribution in [3.8, 4) is 0 Å². The molecular formula is C21H17BrF5NO3. The van der Waals surface area contributed by atoms with E-state index in [1.165, 1.54) is 12.1 Å². The molecule has 0 bridgehead atoms. The molecule has 0 unspecified atom stereocenters. The minimum atomic E-state index is -4.75. The molecular weight excluding hydrogens is 489 g/mol. The Hall–Kier alpha value is -2.49. The molecule has 3 atom stereocenters. The molecule has 0 aliphatic heterocycles. The van der Waals surface area contributed by atoms with E-state index < -0.39 is 58.7 Å². The number of carbonyl (C=O) groups excluding carboxylic acids is 1. The second kappa shape index (κ2) is 8.94. The fraction of sp³-hybridized carbons (Fsp3) is 0.333. The van der Waals surface area contributed by atoms with Crippen molar-refractivity contribution in [1.29, 1.82) is 0 Å². The summed E-state index contributed by atoms with van der Waals surface area (Å²) < 4.78 is 67.2. The van der Waals surface area contributed by atoms with E-state index >= 15 is 0 Å². The van der Waals surface area contributed by atoms with Gasteiger partial charge in [0.05, 0.1) is 23.1 Å². The van der Waals surface area contributed by atoms with Gasteiger partial charge in [0.15, 0.2) is 0 Å². The van der Waals surface area contributed by atoms with Gasteiger partial charge in [-0.1, -0.05) is 28.4 Å². The summed E-state index contributed by atoms with van der Waals surface area (Å²) in [6.45, 7) is 0. The van der Waals surface area contributed by atoms with Crippen molar-refractivity contribution in [2.45, 2.75) is 31.4 Å². The van der Waals surface area contributed by atoms with Crippen LogP contribution in [0, 0.1) is 23.5 Å². The Bertz CT molecular complexity index is 1010. The number of anilines is 1. The molecule has 166 valence electrons. The van der Waals surface area contributed by atoms with Crippen molar-refractivity contribution in [1.82, 2.24) is 0 Å². The van der Waals surface area contributed by atoms with Crippen LogP contribution in [-0.4, -0.2) is 17.0 Å². The molecule has 0 saturated heterocycles. The Labute approximate surface area is 182 Å². The highest BCUT2D eigenvalue weighted by Crippen LogP contribution is 2.43. The fourth-order valence-electron chi connectivity index (χ4n) is 4.01. The Morgan fingerprint density at radius 3 is 2.32 bits per heavy atom. The van der Waals surface area contributed by atoms with Crippen LogP contribution in [0.1, 0.15) is 36.3 Å². The number of carboxylic acid groups (broad SMARTS) is 1. The molecule has 10 heteroatoms. The van der Waals surface area contributed by atoms with Gasteiger partial charge in [-0.2, -0.15) is 13.2 Å². The lowest BCUT2D eigenvalue weighted by Crippen LogP contribution is -2.40. The topological polar surface area (TPSA) is 66.4 Å². The van der Waals surface area contributed by atoms with Crippen molar-refractivity contribution >= 4 is 33.5 Å². The average molecular weight is 506 g/mol. The third kappa shape index (κ3) is 5.06. The summed E-state index contributed by atoms with van der Waals surface area (Å²) >= 11 is 3.13. The Morgan fingerprint density at radius 2 is 1.74 bits per heavy atom. The summed E-state index contributed by atoms with van der Waals surface area (Å²) in [5.41, 5.74) is -1.54. The zero-order valence-corrected chi connectivity index (χ0v) is 17.4. The van der Waals surface area contributed by atoms with Crippen LogP contribution in [0.25, 0.3) is 0 Å². The Kier molecular flexibility index (Phi) is 6.68. The van der Waals surface area contributed by atoms with Crippen molar-refractivity contribution < 1.29 is 36.6 Å². The van der Waals surface area contributed by atoms with Crippen molar-refractivity contribution in [3.63, 3.8) is 0 Å². The molecule has 1 saturated carbocycles. The van der Waals surface area contributed by atoms with Gasteiger partial charge in [0, 0.05) is 10.4 Å². The molecule has 1 amide bonds.